The van der Waals surface area contributed by atoms with E-state index in [4.69, 9.17) is 17.3 Å². The highest BCUT2D eigenvalue weighted by Gasteiger charge is 2.16. The number of hydrogen-bond acceptors (Lipinski definition) is 11. The maximum atomic E-state index is 9.20. The smallest absolute Gasteiger partial charge is 0.198 e. The summed E-state index contributed by atoms with van der Waals surface area (Å²) in [5.74, 6) is 0.572. The monoisotopic (exact) mass is 375 g/mol. The van der Waals surface area contributed by atoms with Gasteiger partial charge in [0, 0.05) is 17.6 Å². The Morgan fingerprint density at radius 3 is 2.91 bits per heavy atom. The minimum atomic E-state index is -0.163. The normalized spacial score (nSPS) is 12.7. The summed E-state index contributed by atoms with van der Waals surface area (Å²) in [7, 11) is 0. The number of aromatic nitrogens is 5. The zero-order valence-electron chi connectivity index (χ0n) is 11.1. The molecule has 0 saturated carbocycles. The molecule has 12 heteroatoms. The number of nitrogen functional groups attached to an aromatic ring is 1. The van der Waals surface area contributed by atoms with Gasteiger partial charge < -0.3 is 16.2 Å². The molecule has 1 atom stereocenters. The number of nitrogens with two attached hydrogens (primary N) is 1. The number of halogens is 1. The van der Waals surface area contributed by atoms with E-state index < -0.39 is 0 Å². The number of aliphatic hydroxyl groups is 1. The highest BCUT2D eigenvalue weighted by Crippen LogP contribution is 2.35. The van der Waals surface area contributed by atoms with Crippen molar-refractivity contribution in [2.24, 2.45) is 0 Å². The van der Waals surface area contributed by atoms with Crippen LogP contribution in [0.5, 0.6) is 0 Å². The molecule has 0 aliphatic heterocycles. The van der Waals surface area contributed by atoms with Crippen LogP contribution in [-0.4, -0.2) is 42.3 Å². The fourth-order valence-electron chi connectivity index (χ4n) is 1.56. The molecule has 0 aliphatic rings. The van der Waals surface area contributed by atoms with Crippen LogP contribution in [0.15, 0.2) is 10.2 Å². The van der Waals surface area contributed by atoms with Gasteiger partial charge in [-0.3, -0.25) is 0 Å². The van der Waals surface area contributed by atoms with Crippen LogP contribution in [0.3, 0.4) is 0 Å². The van der Waals surface area contributed by atoms with E-state index >= 15 is 0 Å². The molecule has 4 N–H and O–H groups in total. The second-order valence-electron chi connectivity index (χ2n) is 4.24. The summed E-state index contributed by atoms with van der Waals surface area (Å²) in [5.41, 5.74) is 6.24. The minimum Gasteiger partial charge on any atom is -0.394 e. The van der Waals surface area contributed by atoms with Gasteiger partial charge in [0.25, 0.3) is 0 Å². The molecule has 0 spiro atoms. The van der Waals surface area contributed by atoms with Crippen LogP contribution in [0, 0.1) is 0 Å². The average Bonchev–Trinajstić information content (AvgIpc) is 3.04. The zero-order chi connectivity index (χ0) is 15.7. The van der Waals surface area contributed by atoms with Gasteiger partial charge in [-0.05, 0) is 18.7 Å². The van der Waals surface area contributed by atoms with Gasteiger partial charge in [0.15, 0.2) is 26.8 Å². The van der Waals surface area contributed by atoms with Crippen molar-refractivity contribution in [3.63, 3.8) is 0 Å². The Bertz CT molecular complexity index is 807. The Kier molecular flexibility index (Phi) is 4.59. The average molecular weight is 376 g/mol. The Balaban J connectivity index is 2.02. The standard InChI is InChI=1S/C10H10ClN7OS3/c1-3(2-19)13-6-4-7(14-9(12)20-4)16-10(15-6)21-8-5(11)22-18-17-8/h3,19H,2H2,1H3,(H3,12,13,14,15,16)/t3-/m1/s1. The van der Waals surface area contributed by atoms with Gasteiger partial charge in [0.1, 0.15) is 9.04 Å². The highest BCUT2D eigenvalue weighted by atomic mass is 35.5. The number of nitrogens with zero attached hydrogens (tertiary/aromatic N) is 5. The summed E-state index contributed by atoms with van der Waals surface area (Å²) in [6, 6.07) is -0.163. The lowest BCUT2D eigenvalue weighted by Crippen LogP contribution is -2.20. The molecule has 0 aliphatic carbocycles. The van der Waals surface area contributed by atoms with Crippen LogP contribution in [0.2, 0.25) is 4.34 Å². The number of anilines is 2. The van der Waals surface area contributed by atoms with Crippen LogP contribution in [0.1, 0.15) is 6.92 Å². The van der Waals surface area contributed by atoms with Gasteiger partial charge in [0.05, 0.1) is 6.61 Å². The Morgan fingerprint density at radius 1 is 1.41 bits per heavy atom. The molecule has 0 amide bonds. The van der Waals surface area contributed by atoms with Crippen LogP contribution < -0.4 is 11.1 Å². The molecule has 22 heavy (non-hydrogen) atoms. The Labute approximate surface area is 142 Å². The molecule has 0 fully saturated rings. The molecular weight excluding hydrogens is 366 g/mol. The van der Waals surface area contributed by atoms with Crippen molar-refractivity contribution in [3.8, 4) is 0 Å². The molecule has 0 saturated heterocycles. The van der Waals surface area contributed by atoms with Crippen molar-refractivity contribution in [3.05, 3.63) is 4.34 Å². The highest BCUT2D eigenvalue weighted by molar-refractivity contribution is 7.99. The first kappa shape index (κ1) is 15.6. The number of hydrogen-bond donors (Lipinski definition) is 3. The summed E-state index contributed by atoms with van der Waals surface area (Å²) in [6.07, 6.45) is 0. The third kappa shape index (κ3) is 3.22. The fourth-order valence-corrected chi connectivity index (χ4v) is 3.74. The van der Waals surface area contributed by atoms with Crippen LogP contribution >= 0.6 is 46.2 Å². The first-order valence-corrected chi connectivity index (χ1v) is 8.82. The minimum absolute atomic E-state index is 0.0237. The van der Waals surface area contributed by atoms with E-state index in [9.17, 15) is 5.11 Å². The van der Waals surface area contributed by atoms with Gasteiger partial charge in [0.2, 0.25) is 0 Å². The Hall–Kier alpha value is -1.27. The quantitative estimate of drug-likeness (QED) is 0.575. The van der Waals surface area contributed by atoms with Crippen molar-refractivity contribution in [2.75, 3.05) is 17.7 Å². The zero-order valence-corrected chi connectivity index (χ0v) is 14.4. The van der Waals surface area contributed by atoms with Gasteiger partial charge in [-0.15, -0.1) is 5.10 Å². The van der Waals surface area contributed by atoms with Crippen molar-refractivity contribution >= 4 is 67.5 Å². The van der Waals surface area contributed by atoms with Gasteiger partial charge in [-0.2, -0.15) is 0 Å². The molecule has 8 nitrogen and oxygen atoms in total. The second kappa shape index (κ2) is 6.46. The van der Waals surface area contributed by atoms with E-state index in [1.165, 1.54) is 23.1 Å². The number of aliphatic hydroxyl groups excluding tert-OH is 1. The first-order valence-electron chi connectivity index (χ1n) is 6.04. The van der Waals surface area contributed by atoms with E-state index in [0.717, 1.165) is 16.2 Å². The Morgan fingerprint density at radius 2 is 2.23 bits per heavy atom. The van der Waals surface area contributed by atoms with E-state index in [1.54, 1.807) is 0 Å². The van der Waals surface area contributed by atoms with Crippen molar-refractivity contribution < 1.29 is 5.11 Å². The summed E-state index contributed by atoms with van der Waals surface area (Å²) in [4.78, 5) is 13.0. The fraction of sp³-hybridized carbons (Fsp3) is 0.300. The largest absolute Gasteiger partial charge is 0.394 e. The van der Waals surface area contributed by atoms with Crippen LogP contribution in [0.4, 0.5) is 10.9 Å². The van der Waals surface area contributed by atoms with Gasteiger partial charge >= 0.3 is 0 Å². The van der Waals surface area contributed by atoms with Crippen LogP contribution in [0.25, 0.3) is 10.3 Å². The van der Waals surface area contributed by atoms with E-state index in [2.05, 4.69) is 29.9 Å². The lowest BCUT2D eigenvalue weighted by atomic mass is 10.3. The summed E-state index contributed by atoms with van der Waals surface area (Å²) in [6.45, 7) is 1.82. The number of thiazole rings is 1. The molecule has 116 valence electrons. The molecule has 3 aromatic heterocycles. The lowest BCUT2D eigenvalue weighted by molar-refractivity contribution is 0.281. The molecule has 3 rings (SSSR count). The summed E-state index contributed by atoms with van der Waals surface area (Å²) < 4.78 is 4.99. The molecule has 0 bridgehead atoms. The van der Waals surface area contributed by atoms with E-state index in [1.807, 2.05) is 6.92 Å². The van der Waals surface area contributed by atoms with E-state index in [-0.39, 0.29) is 12.6 Å². The number of fused-ring (bicyclic) bond motifs is 1. The van der Waals surface area contributed by atoms with E-state index in [0.29, 0.717) is 31.1 Å². The molecule has 3 heterocycles. The predicted molar refractivity (Wildman–Crippen MR) is 88.8 cm³/mol. The topological polar surface area (TPSA) is 123 Å². The third-order valence-corrected chi connectivity index (χ3v) is 5.38. The third-order valence-electron chi connectivity index (χ3n) is 2.52. The maximum absolute atomic E-state index is 9.20. The number of nitrogens with one attached hydrogen (secondary N) is 1. The molecule has 0 aromatic carbocycles. The van der Waals surface area contributed by atoms with Crippen LogP contribution in [-0.2, 0) is 0 Å². The summed E-state index contributed by atoms with van der Waals surface area (Å²) in [5, 5.41) is 17.6. The SMILES string of the molecule is C[C@H](CO)Nc1nc(Sc2nnsc2Cl)nc2nc(N)sc12. The first-order chi connectivity index (χ1) is 10.6. The van der Waals surface area contributed by atoms with Crippen molar-refractivity contribution in [1.82, 2.24) is 24.5 Å². The molecule has 0 radical (unpaired) electrons. The van der Waals surface area contributed by atoms with Crippen molar-refractivity contribution in [1.29, 1.82) is 0 Å². The molecule has 3 aromatic rings. The predicted octanol–water partition coefficient (Wildman–Crippen LogP) is 2.12. The summed E-state index contributed by atoms with van der Waals surface area (Å²) >= 11 is 9.57. The van der Waals surface area contributed by atoms with Crippen molar-refractivity contribution in [2.45, 2.75) is 23.1 Å². The number of rotatable bonds is 5. The molecule has 0 unspecified atom stereocenters. The van der Waals surface area contributed by atoms with Gasteiger partial charge in [-0.25, -0.2) is 15.0 Å². The second-order valence-corrected chi connectivity index (χ2v) is 7.58. The maximum Gasteiger partial charge on any atom is 0.198 e. The molecular formula is C10H10ClN7OS3. The lowest BCUT2D eigenvalue weighted by Gasteiger charge is -2.12. The van der Waals surface area contributed by atoms with Gasteiger partial charge in [-0.1, -0.05) is 27.4 Å².